The Morgan fingerprint density at radius 1 is 1.33 bits per heavy atom. The van der Waals surface area contributed by atoms with Crippen molar-refractivity contribution in [3.63, 3.8) is 0 Å². The number of aromatic nitrogens is 2. The van der Waals surface area contributed by atoms with Gasteiger partial charge >= 0.3 is 0 Å². The van der Waals surface area contributed by atoms with Gasteiger partial charge in [-0.25, -0.2) is 4.98 Å². The Hall–Kier alpha value is -1.61. The first-order chi connectivity index (χ1) is 9.99. The third-order valence-electron chi connectivity index (χ3n) is 4.85. The summed E-state index contributed by atoms with van der Waals surface area (Å²) in [5.74, 6) is 1.09. The van der Waals surface area contributed by atoms with Gasteiger partial charge in [-0.3, -0.25) is 0 Å². The molecule has 0 spiro atoms. The van der Waals surface area contributed by atoms with Crippen molar-refractivity contribution in [2.75, 3.05) is 0 Å². The van der Waals surface area contributed by atoms with E-state index in [0.717, 1.165) is 5.82 Å². The standard InChI is InChI=1S/C18H25N3/c1-13(17-19-11-12-21(17)4)20-16-15-8-6-5-7-14(15)9-10-18(16,2)3/h5-8,11-13,16,20H,9-10H2,1-4H3/t13-,16-/m1/s1. The highest BCUT2D eigenvalue weighted by molar-refractivity contribution is 5.34. The van der Waals surface area contributed by atoms with Crippen LogP contribution in [0.5, 0.6) is 0 Å². The second-order valence-corrected chi connectivity index (χ2v) is 6.91. The molecule has 0 amide bonds. The molecule has 0 aliphatic heterocycles. The number of hydrogen-bond donors (Lipinski definition) is 1. The molecule has 0 saturated heterocycles. The fourth-order valence-corrected chi connectivity index (χ4v) is 3.50. The minimum atomic E-state index is 0.237. The molecule has 0 fully saturated rings. The summed E-state index contributed by atoms with van der Waals surface area (Å²) in [6.07, 6.45) is 6.27. The molecule has 3 rings (SSSR count). The van der Waals surface area contributed by atoms with Crippen molar-refractivity contribution in [1.82, 2.24) is 14.9 Å². The minimum absolute atomic E-state index is 0.237. The number of aryl methyl sites for hydroxylation is 2. The summed E-state index contributed by atoms with van der Waals surface area (Å²) in [5, 5.41) is 3.83. The van der Waals surface area contributed by atoms with Crippen LogP contribution < -0.4 is 5.32 Å². The zero-order valence-corrected chi connectivity index (χ0v) is 13.4. The summed E-state index contributed by atoms with van der Waals surface area (Å²) in [5.41, 5.74) is 3.20. The van der Waals surface area contributed by atoms with Crippen molar-refractivity contribution in [1.29, 1.82) is 0 Å². The highest BCUT2D eigenvalue weighted by Crippen LogP contribution is 2.44. The van der Waals surface area contributed by atoms with Gasteiger partial charge < -0.3 is 9.88 Å². The number of nitrogens with one attached hydrogen (secondary N) is 1. The minimum Gasteiger partial charge on any atom is -0.337 e. The maximum Gasteiger partial charge on any atom is 0.125 e. The molecule has 3 heteroatoms. The average Bonchev–Trinajstić information content (AvgIpc) is 2.88. The maximum atomic E-state index is 4.49. The van der Waals surface area contributed by atoms with Crippen molar-refractivity contribution in [2.24, 2.45) is 12.5 Å². The Kier molecular flexibility index (Phi) is 3.62. The van der Waals surface area contributed by atoms with Gasteiger partial charge in [0.1, 0.15) is 5.82 Å². The van der Waals surface area contributed by atoms with Crippen molar-refractivity contribution in [2.45, 2.75) is 45.7 Å². The van der Waals surface area contributed by atoms with Gasteiger partial charge in [0.25, 0.3) is 0 Å². The number of benzene rings is 1. The first kappa shape index (κ1) is 14.3. The highest BCUT2D eigenvalue weighted by atomic mass is 15.1. The molecule has 2 aromatic rings. The summed E-state index contributed by atoms with van der Waals surface area (Å²) in [7, 11) is 2.06. The maximum absolute atomic E-state index is 4.49. The average molecular weight is 283 g/mol. The molecule has 0 bridgehead atoms. The highest BCUT2D eigenvalue weighted by Gasteiger charge is 2.36. The van der Waals surface area contributed by atoms with Gasteiger partial charge in [-0.1, -0.05) is 38.1 Å². The van der Waals surface area contributed by atoms with Crippen LogP contribution in [0.25, 0.3) is 0 Å². The lowest BCUT2D eigenvalue weighted by molar-refractivity contribution is 0.194. The fraction of sp³-hybridized carbons (Fsp3) is 0.500. The van der Waals surface area contributed by atoms with Crippen molar-refractivity contribution in [3.05, 3.63) is 53.6 Å². The second kappa shape index (κ2) is 5.30. The van der Waals surface area contributed by atoms with Crippen LogP contribution in [-0.4, -0.2) is 9.55 Å². The molecule has 1 aliphatic carbocycles. The van der Waals surface area contributed by atoms with E-state index in [0.29, 0.717) is 6.04 Å². The molecular weight excluding hydrogens is 258 g/mol. The van der Waals surface area contributed by atoms with Crippen LogP contribution in [0.3, 0.4) is 0 Å². The molecular formula is C18H25N3. The lowest BCUT2D eigenvalue weighted by atomic mass is 9.70. The third-order valence-corrected chi connectivity index (χ3v) is 4.85. The molecule has 1 aliphatic rings. The van der Waals surface area contributed by atoms with Gasteiger partial charge in [0, 0.05) is 25.5 Å². The topological polar surface area (TPSA) is 29.9 Å². The number of imidazole rings is 1. The van der Waals surface area contributed by atoms with Gasteiger partial charge in [-0.05, 0) is 36.3 Å². The Morgan fingerprint density at radius 2 is 2.10 bits per heavy atom. The Balaban J connectivity index is 1.91. The summed E-state index contributed by atoms with van der Waals surface area (Å²) in [6, 6.07) is 9.45. The van der Waals surface area contributed by atoms with Crippen LogP contribution in [-0.2, 0) is 13.5 Å². The largest absolute Gasteiger partial charge is 0.337 e. The lowest BCUT2D eigenvalue weighted by Crippen LogP contribution is -2.39. The van der Waals surface area contributed by atoms with E-state index in [4.69, 9.17) is 0 Å². The summed E-state index contributed by atoms with van der Waals surface area (Å²) in [6.45, 7) is 6.94. The van der Waals surface area contributed by atoms with Crippen LogP contribution in [0.1, 0.15) is 56.2 Å². The van der Waals surface area contributed by atoms with E-state index in [-0.39, 0.29) is 11.5 Å². The van der Waals surface area contributed by atoms with E-state index in [1.54, 1.807) is 0 Å². The van der Waals surface area contributed by atoms with Crippen LogP contribution >= 0.6 is 0 Å². The molecule has 0 unspecified atom stereocenters. The van der Waals surface area contributed by atoms with Gasteiger partial charge in [0.2, 0.25) is 0 Å². The SMILES string of the molecule is C[C@@H](N[C@@H]1c2ccccc2CCC1(C)C)c1nccn1C. The first-order valence-corrected chi connectivity index (χ1v) is 7.80. The summed E-state index contributed by atoms with van der Waals surface area (Å²) >= 11 is 0. The zero-order chi connectivity index (χ0) is 15.0. The van der Waals surface area contributed by atoms with E-state index >= 15 is 0 Å². The fourth-order valence-electron chi connectivity index (χ4n) is 3.50. The van der Waals surface area contributed by atoms with Crippen molar-refractivity contribution in [3.8, 4) is 0 Å². The van der Waals surface area contributed by atoms with Crippen molar-refractivity contribution < 1.29 is 0 Å². The first-order valence-electron chi connectivity index (χ1n) is 7.80. The van der Waals surface area contributed by atoms with Gasteiger partial charge in [0.15, 0.2) is 0 Å². The quantitative estimate of drug-likeness (QED) is 0.929. The van der Waals surface area contributed by atoms with E-state index in [1.807, 2.05) is 12.4 Å². The monoisotopic (exact) mass is 283 g/mol. The van der Waals surface area contributed by atoms with E-state index in [9.17, 15) is 0 Å². The number of hydrogen-bond acceptors (Lipinski definition) is 2. The molecule has 3 nitrogen and oxygen atoms in total. The third kappa shape index (κ3) is 2.62. The van der Waals surface area contributed by atoms with Crippen molar-refractivity contribution >= 4 is 0 Å². The molecule has 1 N–H and O–H groups in total. The number of nitrogens with zero attached hydrogens (tertiary/aromatic N) is 2. The molecule has 112 valence electrons. The van der Waals surface area contributed by atoms with Crippen LogP contribution in [0, 0.1) is 5.41 Å². The smallest absolute Gasteiger partial charge is 0.125 e. The number of rotatable bonds is 3. The molecule has 1 aromatic carbocycles. The van der Waals surface area contributed by atoms with Crippen LogP contribution in [0.4, 0.5) is 0 Å². The predicted octanol–water partition coefficient (Wildman–Crippen LogP) is 3.78. The van der Waals surface area contributed by atoms with E-state index in [1.165, 1.54) is 24.0 Å². The molecule has 21 heavy (non-hydrogen) atoms. The molecule has 0 saturated carbocycles. The zero-order valence-electron chi connectivity index (χ0n) is 13.4. The Morgan fingerprint density at radius 3 is 2.81 bits per heavy atom. The van der Waals surface area contributed by atoms with Gasteiger partial charge in [0.05, 0.1) is 6.04 Å². The van der Waals surface area contributed by atoms with Crippen LogP contribution in [0.2, 0.25) is 0 Å². The van der Waals surface area contributed by atoms with Crippen LogP contribution in [0.15, 0.2) is 36.7 Å². The molecule has 1 heterocycles. The van der Waals surface area contributed by atoms with Gasteiger partial charge in [-0.15, -0.1) is 0 Å². The normalized spacial score (nSPS) is 21.8. The summed E-state index contributed by atoms with van der Waals surface area (Å²) < 4.78 is 2.10. The van der Waals surface area contributed by atoms with E-state index in [2.05, 4.69) is 67.0 Å². The Labute approximate surface area is 127 Å². The molecule has 0 radical (unpaired) electrons. The van der Waals surface area contributed by atoms with Gasteiger partial charge in [-0.2, -0.15) is 0 Å². The lowest BCUT2D eigenvalue weighted by Gasteiger charge is -2.42. The second-order valence-electron chi connectivity index (χ2n) is 6.91. The van der Waals surface area contributed by atoms with E-state index < -0.39 is 0 Å². The number of fused-ring (bicyclic) bond motifs is 1. The Bertz CT molecular complexity index is 627. The summed E-state index contributed by atoms with van der Waals surface area (Å²) in [4.78, 5) is 4.49. The molecule has 2 atom stereocenters. The predicted molar refractivity (Wildman–Crippen MR) is 86.0 cm³/mol. The molecule has 1 aromatic heterocycles.